The van der Waals surface area contributed by atoms with E-state index in [4.69, 9.17) is 0 Å². The number of phenols is 1. The van der Waals surface area contributed by atoms with Crippen LogP contribution in [0.1, 0.15) is 40.5 Å². The fourth-order valence-corrected chi connectivity index (χ4v) is 4.22. The van der Waals surface area contributed by atoms with E-state index >= 15 is 8.78 Å². The number of aromatic carboxylic acids is 1. The van der Waals surface area contributed by atoms with E-state index in [2.05, 4.69) is 5.10 Å². The summed E-state index contributed by atoms with van der Waals surface area (Å²) in [6.07, 6.45) is 4.68. The molecule has 2 N–H and O–H groups in total. The van der Waals surface area contributed by atoms with Gasteiger partial charge in [-0.1, -0.05) is 0 Å². The molecule has 10 heteroatoms. The maximum Gasteiger partial charge on any atom is 0.341 e. The molecule has 3 aromatic rings. The number of aryl methyl sites for hydroxylation is 1. The molecule has 3 heterocycles. The van der Waals surface area contributed by atoms with Crippen LogP contribution in [0.2, 0.25) is 0 Å². The minimum Gasteiger partial charge on any atom is -0.504 e. The third kappa shape index (κ3) is 2.59. The van der Waals surface area contributed by atoms with Crippen LogP contribution in [0.15, 0.2) is 17.2 Å². The number of aromatic hydroxyl groups is 1. The minimum absolute atomic E-state index is 0.197. The number of carbonyl (C=O) groups is 1. The Morgan fingerprint density at radius 3 is 2.63 bits per heavy atom. The summed E-state index contributed by atoms with van der Waals surface area (Å²) in [5, 5.41) is 23.5. The van der Waals surface area contributed by atoms with Gasteiger partial charge in [0, 0.05) is 50.6 Å². The van der Waals surface area contributed by atoms with E-state index in [9.17, 15) is 19.8 Å². The lowest BCUT2D eigenvalue weighted by Crippen LogP contribution is -2.32. The number of anilines is 1. The van der Waals surface area contributed by atoms with Crippen molar-refractivity contribution in [2.24, 2.45) is 7.05 Å². The first-order valence-corrected chi connectivity index (χ1v) is 9.56. The van der Waals surface area contributed by atoms with Gasteiger partial charge in [-0.2, -0.15) is 5.10 Å². The number of phenolic OH excluding ortho intramolecular Hbond substituents is 1. The maximum absolute atomic E-state index is 15.7. The van der Waals surface area contributed by atoms with Gasteiger partial charge in [-0.05, 0) is 12.8 Å². The van der Waals surface area contributed by atoms with Crippen LogP contribution in [0.4, 0.5) is 14.5 Å². The van der Waals surface area contributed by atoms with Gasteiger partial charge in [-0.25, -0.2) is 13.6 Å². The van der Waals surface area contributed by atoms with E-state index in [1.165, 1.54) is 9.47 Å². The molecule has 156 valence electrons. The lowest BCUT2D eigenvalue weighted by atomic mass is 10.0. The first kappa shape index (κ1) is 18.6. The molecular formula is C20H18F2N4O4. The number of rotatable bonds is 3. The second kappa shape index (κ2) is 6.28. The predicted molar refractivity (Wildman–Crippen MR) is 103 cm³/mol. The number of pyridine rings is 1. The molecule has 0 atom stereocenters. The molecule has 8 nitrogen and oxygen atoms in total. The Hall–Kier alpha value is -3.43. The number of aromatic nitrogens is 3. The smallest absolute Gasteiger partial charge is 0.341 e. The highest BCUT2D eigenvalue weighted by atomic mass is 19.1. The van der Waals surface area contributed by atoms with Crippen molar-refractivity contribution in [3.63, 3.8) is 0 Å². The van der Waals surface area contributed by atoms with E-state index < -0.39 is 45.4 Å². The van der Waals surface area contributed by atoms with Gasteiger partial charge in [0.15, 0.2) is 17.4 Å². The fourth-order valence-electron chi connectivity index (χ4n) is 4.22. The van der Waals surface area contributed by atoms with E-state index in [0.29, 0.717) is 19.3 Å². The van der Waals surface area contributed by atoms with Crippen molar-refractivity contribution < 1.29 is 23.8 Å². The zero-order valence-corrected chi connectivity index (χ0v) is 16.0. The van der Waals surface area contributed by atoms with Crippen molar-refractivity contribution >= 4 is 22.6 Å². The summed E-state index contributed by atoms with van der Waals surface area (Å²) in [6, 6.07) is -0.204. The molecule has 0 saturated heterocycles. The highest BCUT2D eigenvalue weighted by Gasteiger charge is 2.34. The van der Waals surface area contributed by atoms with Crippen molar-refractivity contribution in [2.75, 3.05) is 11.4 Å². The van der Waals surface area contributed by atoms with E-state index in [-0.39, 0.29) is 24.6 Å². The Morgan fingerprint density at radius 2 is 1.97 bits per heavy atom. The van der Waals surface area contributed by atoms with Crippen LogP contribution in [0.5, 0.6) is 5.75 Å². The summed E-state index contributed by atoms with van der Waals surface area (Å²) >= 11 is 0. The molecule has 1 aliphatic carbocycles. The topological polar surface area (TPSA) is 101 Å². The van der Waals surface area contributed by atoms with Crippen molar-refractivity contribution in [1.29, 1.82) is 0 Å². The zero-order chi connectivity index (χ0) is 21.3. The Bertz CT molecular complexity index is 1290. The van der Waals surface area contributed by atoms with Gasteiger partial charge in [0.2, 0.25) is 5.43 Å². The van der Waals surface area contributed by atoms with Crippen LogP contribution < -0.4 is 10.3 Å². The minimum atomic E-state index is -1.51. The maximum atomic E-state index is 15.7. The summed E-state index contributed by atoms with van der Waals surface area (Å²) < 4.78 is 33.9. The summed E-state index contributed by atoms with van der Waals surface area (Å²) in [5.74, 6) is -4.79. The van der Waals surface area contributed by atoms with Gasteiger partial charge >= 0.3 is 5.97 Å². The summed E-state index contributed by atoms with van der Waals surface area (Å²) in [6.45, 7) is 0.479. The second-order valence-corrected chi connectivity index (χ2v) is 7.81. The Kier molecular flexibility index (Phi) is 3.89. The number of nitrogens with zero attached hydrogens (tertiary/aromatic N) is 4. The fraction of sp³-hybridized carbons (Fsp3) is 0.350. The summed E-state index contributed by atoms with van der Waals surface area (Å²) in [5.41, 5.74) is -0.757. The zero-order valence-electron chi connectivity index (χ0n) is 16.0. The second-order valence-electron chi connectivity index (χ2n) is 7.81. The van der Waals surface area contributed by atoms with Gasteiger partial charge in [-0.3, -0.25) is 9.48 Å². The number of hydrogen-bond acceptors (Lipinski definition) is 5. The average Bonchev–Trinajstić information content (AvgIpc) is 3.46. The standard InChI is InChI=1S/C20H18F2N4O4/c1-24-6-9-7-25(5-4-12(9)23-24)17-14(21)16-13(19(28)15(17)22)18(27)11(20(29)30)8-26(16)10-2-3-10/h6,8,10,28H,2-5,7H2,1H3,(H,29,30). The molecule has 30 heavy (non-hydrogen) atoms. The summed E-state index contributed by atoms with van der Waals surface area (Å²) in [4.78, 5) is 25.6. The van der Waals surface area contributed by atoms with Crippen LogP contribution in [0.25, 0.3) is 10.9 Å². The molecule has 5 rings (SSSR count). The first-order chi connectivity index (χ1) is 14.3. The average molecular weight is 416 g/mol. The SMILES string of the molecule is Cn1cc2c(n1)CCN(c1c(F)c(O)c3c(=O)c(C(=O)O)cn(C4CC4)c3c1F)C2. The molecule has 0 unspecified atom stereocenters. The predicted octanol–water partition coefficient (Wildman–Crippen LogP) is 2.31. The van der Waals surface area contributed by atoms with Gasteiger partial charge in [0.05, 0.1) is 16.6 Å². The van der Waals surface area contributed by atoms with E-state index in [0.717, 1.165) is 17.5 Å². The molecular weight excluding hydrogens is 398 g/mol. The molecule has 0 amide bonds. The molecule has 0 bridgehead atoms. The van der Waals surface area contributed by atoms with Crippen LogP contribution >= 0.6 is 0 Å². The number of benzene rings is 1. The van der Waals surface area contributed by atoms with Crippen LogP contribution in [-0.4, -0.2) is 37.1 Å². The highest BCUT2D eigenvalue weighted by Crippen LogP contribution is 2.43. The van der Waals surface area contributed by atoms with Crippen LogP contribution in [0, 0.1) is 11.6 Å². The molecule has 1 aromatic carbocycles. The van der Waals surface area contributed by atoms with Crippen molar-refractivity contribution in [1.82, 2.24) is 14.3 Å². The van der Waals surface area contributed by atoms with Gasteiger partial charge in [0.1, 0.15) is 11.3 Å². The molecule has 1 saturated carbocycles. The number of hydrogen-bond donors (Lipinski definition) is 2. The normalized spacial score (nSPS) is 16.2. The van der Waals surface area contributed by atoms with Crippen molar-refractivity contribution in [3.8, 4) is 5.75 Å². The number of carboxylic acids is 1. The van der Waals surface area contributed by atoms with Crippen LogP contribution in [0.3, 0.4) is 0 Å². The molecule has 2 aromatic heterocycles. The lowest BCUT2D eigenvalue weighted by molar-refractivity contribution is 0.0695. The number of halogens is 2. The van der Waals surface area contributed by atoms with Gasteiger partial charge in [0.25, 0.3) is 0 Å². The highest BCUT2D eigenvalue weighted by molar-refractivity contribution is 5.96. The van der Waals surface area contributed by atoms with Crippen LogP contribution in [-0.2, 0) is 20.0 Å². The van der Waals surface area contributed by atoms with E-state index in [1.807, 2.05) is 0 Å². The first-order valence-electron chi connectivity index (χ1n) is 9.56. The van der Waals surface area contributed by atoms with Crippen molar-refractivity contribution in [3.05, 3.63) is 51.1 Å². The molecule has 1 aliphatic heterocycles. The van der Waals surface area contributed by atoms with Gasteiger partial charge in [-0.15, -0.1) is 0 Å². The third-order valence-electron chi connectivity index (χ3n) is 5.76. The molecule has 1 fully saturated rings. The molecule has 2 aliphatic rings. The Morgan fingerprint density at radius 1 is 1.23 bits per heavy atom. The van der Waals surface area contributed by atoms with Crippen molar-refractivity contribution in [2.45, 2.75) is 31.8 Å². The monoisotopic (exact) mass is 416 g/mol. The largest absolute Gasteiger partial charge is 0.504 e. The van der Waals surface area contributed by atoms with Gasteiger partial charge < -0.3 is 19.7 Å². The lowest BCUT2D eigenvalue weighted by Gasteiger charge is -2.30. The Balaban J connectivity index is 1.77. The summed E-state index contributed by atoms with van der Waals surface area (Å²) in [7, 11) is 1.76. The number of fused-ring (bicyclic) bond motifs is 2. The third-order valence-corrected chi connectivity index (χ3v) is 5.76. The molecule has 0 spiro atoms. The number of carboxylic acid groups (broad SMARTS) is 1. The quantitative estimate of drug-likeness (QED) is 0.680. The Labute approximate surface area is 168 Å². The molecule has 0 radical (unpaired) electrons. The van der Waals surface area contributed by atoms with E-state index in [1.54, 1.807) is 17.9 Å².